The Kier molecular flexibility index (Phi) is 5.20. The molecule has 1 aliphatic carbocycles. The van der Waals surface area contributed by atoms with E-state index in [9.17, 15) is 0 Å². The summed E-state index contributed by atoms with van der Waals surface area (Å²) >= 11 is 0. The molecule has 0 radical (unpaired) electrons. The van der Waals surface area contributed by atoms with Gasteiger partial charge in [0.15, 0.2) is 0 Å². The normalized spacial score (nSPS) is 20.6. The van der Waals surface area contributed by atoms with Crippen molar-refractivity contribution in [3.05, 3.63) is 0 Å². The van der Waals surface area contributed by atoms with Crippen molar-refractivity contribution >= 4 is 0 Å². The minimum Gasteiger partial charge on any atom is -0.0533 e. The van der Waals surface area contributed by atoms with Crippen LogP contribution in [0.3, 0.4) is 0 Å². The molecule has 0 aliphatic heterocycles. The summed E-state index contributed by atoms with van der Waals surface area (Å²) in [7, 11) is 0. The molecule has 0 bridgehead atoms. The largest absolute Gasteiger partial charge is 2.00 e. The van der Waals surface area contributed by atoms with Crippen molar-refractivity contribution in [2.24, 2.45) is 0 Å². The van der Waals surface area contributed by atoms with E-state index in [2.05, 4.69) is 0 Å². The van der Waals surface area contributed by atoms with Gasteiger partial charge in [-0.1, -0.05) is 38.5 Å². The Hall–Kier alpha value is 0.623. The van der Waals surface area contributed by atoms with E-state index in [1.807, 2.05) is 0 Å². The molecule has 0 amide bonds. The van der Waals surface area contributed by atoms with Crippen LogP contribution in [-0.2, 0) is 19.5 Å². The fourth-order valence-corrected chi connectivity index (χ4v) is 1.06. The zero-order valence-electron chi connectivity index (χ0n) is 4.95. The molecular formula is C6H12Zn+2. The molecule has 0 unspecified atom stereocenters. The van der Waals surface area contributed by atoms with Gasteiger partial charge in [0.25, 0.3) is 0 Å². The van der Waals surface area contributed by atoms with Crippen molar-refractivity contribution in [2.45, 2.75) is 38.5 Å². The monoisotopic (exact) mass is 148 g/mol. The summed E-state index contributed by atoms with van der Waals surface area (Å²) in [4.78, 5) is 0. The maximum atomic E-state index is 1.50. The predicted octanol–water partition coefficient (Wildman–Crippen LogP) is 2.34. The summed E-state index contributed by atoms with van der Waals surface area (Å²) in [6.07, 6.45) is 9.00. The van der Waals surface area contributed by atoms with Crippen molar-refractivity contribution < 1.29 is 19.5 Å². The van der Waals surface area contributed by atoms with Crippen LogP contribution in [0.2, 0.25) is 0 Å². The molecule has 1 saturated carbocycles. The van der Waals surface area contributed by atoms with Crippen molar-refractivity contribution in [2.75, 3.05) is 0 Å². The fourth-order valence-electron chi connectivity index (χ4n) is 1.06. The molecule has 0 spiro atoms. The molecule has 36 valence electrons. The van der Waals surface area contributed by atoms with E-state index in [4.69, 9.17) is 0 Å². The number of rotatable bonds is 0. The van der Waals surface area contributed by atoms with Gasteiger partial charge < -0.3 is 0 Å². The van der Waals surface area contributed by atoms with E-state index < -0.39 is 0 Å². The second kappa shape index (κ2) is 4.77. The van der Waals surface area contributed by atoms with Crippen LogP contribution in [0.5, 0.6) is 0 Å². The molecular weight excluding hydrogens is 137 g/mol. The van der Waals surface area contributed by atoms with Gasteiger partial charge in [-0.05, 0) is 0 Å². The molecule has 1 heteroatoms. The first-order valence-electron chi connectivity index (χ1n) is 3.00. The quantitative estimate of drug-likeness (QED) is 0.464. The first-order valence-corrected chi connectivity index (χ1v) is 3.00. The Bertz CT molecular complexity index is 19.7. The smallest absolute Gasteiger partial charge is 0.0533 e. The van der Waals surface area contributed by atoms with Gasteiger partial charge in [0.05, 0.1) is 0 Å². The molecule has 1 aliphatic rings. The van der Waals surface area contributed by atoms with Gasteiger partial charge in [0.2, 0.25) is 0 Å². The first-order chi connectivity index (χ1) is 3.00. The number of hydrogen-bond donors (Lipinski definition) is 0. The van der Waals surface area contributed by atoms with Gasteiger partial charge in [-0.25, -0.2) is 0 Å². The third-order valence-corrected chi connectivity index (χ3v) is 1.50. The average Bonchev–Trinajstić information content (AvgIpc) is 1.72. The Labute approximate surface area is 58.4 Å². The van der Waals surface area contributed by atoms with E-state index >= 15 is 0 Å². The van der Waals surface area contributed by atoms with Crippen LogP contribution in [-0.4, -0.2) is 0 Å². The van der Waals surface area contributed by atoms with Crippen LogP contribution >= 0.6 is 0 Å². The van der Waals surface area contributed by atoms with Crippen LogP contribution < -0.4 is 0 Å². The average molecular weight is 150 g/mol. The number of hydrogen-bond acceptors (Lipinski definition) is 0. The van der Waals surface area contributed by atoms with Gasteiger partial charge in [-0.15, -0.1) is 0 Å². The summed E-state index contributed by atoms with van der Waals surface area (Å²) in [6.45, 7) is 0. The summed E-state index contributed by atoms with van der Waals surface area (Å²) in [5, 5.41) is 0. The van der Waals surface area contributed by atoms with E-state index in [-0.39, 0.29) is 19.5 Å². The summed E-state index contributed by atoms with van der Waals surface area (Å²) < 4.78 is 0. The molecule has 0 aromatic rings. The minimum atomic E-state index is 0. The molecule has 0 nitrogen and oxygen atoms in total. The Morgan fingerprint density at radius 1 is 0.429 bits per heavy atom. The molecule has 0 saturated heterocycles. The van der Waals surface area contributed by atoms with Crippen molar-refractivity contribution in [3.8, 4) is 0 Å². The van der Waals surface area contributed by atoms with Gasteiger partial charge in [0.1, 0.15) is 0 Å². The van der Waals surface area contributed by atoms with E-state index in [1.54, 1.807) is 0 Å². The van der Waals surface area contributed by atoms with E-state index in [0.29, 0.717) is 0 Å². The fraction of sp³-hybridized carbons (Fsp3) is 1.00. The molecule has 0 aromatic heterocycles. The Morgan fingerprint density at radius 2 is 0.571 bits per heavy atom. The summed E-state index contributed by atoms with van der Waals surface area (Å²) in [5.74, 6) is 0. The maximum absolute atomic E-state index is 1.50. The molecule has 0 heterocycles. The Balaban J connectivity index is 0.000000360. The Morgan fingerprint density at radius 3 is 0.714 bits per heavy atom. The molecule has 0 aromatic carbocycles. The first kappa shape index (κ1) is 7.62. The second-order valence-corrected chi connectivity index (χ2v) is 2.12. The van der Waals surface area contributed by atoms with Crippen molar-refractivity contribution in [1.29, 1.82) is 0 Å². The zero-order valence-corrected chi connectivity index (χ0v) is 7.92. The molecule has 1 rings (SSSR count). The van der Waals surface area contributed by atoms with Crippen LogP contribution in [0, 0.1) is 0 Å². The van der Waals surface area contributed by atoms with Gasteiger partial charge in [0, 0.05) is 0 Å². The van der Waals surface area contributed by atoms with Crippen LogP contribution in [0.25, 0.3) is 0 Å². The van der Waals surface area contributed by atoms with Crippen LogP contribution in [0.15, 0.2) is 0 Å². The van der Waals surface area contributed by atoms with E-state index in [0.717, 1.165) is 0 Å². The van der Waals surface area contributed by atoms with Gasteiger partial charge >= 0.3 is 19.5 Å². The second-order valence-electron chi connectivity index (χ2n) is 2.12. The molecule has 7 heavy (non-hydrogen) atoms. The summed E-state index contributed by atoms with van der Waals surface area (Å²) in [6, 6.07) is 0. The van der Waals surface area contributed by atoms with E-state index in [1.165, 1.54) is 38.5 Å². The van der Waals surface area contributed by atoms with Crippen LogP contribution in [0.4, 0.5) is 0 Å². The maximum Gasteiger partial charge on any atom is 2.00 e. The predicted molar refractivity (Wildman–Crippen MR) is 27.7 cm³/mol. The standard InChI is InChI=1S/C6H12.Zn/c1-2-4-6-5-3-1;/h1-6H2;/q;+2. The van der Waals surface area contributed by atoms with Gasteiger partial charge in [-0.3, -0.25) is 0 Å². The SMILES string of the molecule is C1CCCCC1.[Zn+2]. The topological polar surface area (TPSA) is 0 Å². The molecule has 0 N–H and O–H groups in total. The van der Waals surface area contributed by atoms with Crippen molar-refractivity contribution in [3.63, 3.8) is 0 Å². The molecule has 0 atom stereocenters. The summed E-state index contributed by atoms with van der Waals surface area (Å²) in [5.41, 5.74) is 0. The van der Waals surface area contributed by atoms with Crippen LogP contribution in [0.1, 0.15) is 38.5 Å². The van der Waals surface area contributed by atoms with Crippen molar-refractivity contribution in [1.82, 2.24) is 0 Å². The minimum absolute atomic E-state index is 0. The molecule has 1 fully saturated rings. The van der Waals surface area contributed by atoms with Gasteiger partial charge in [-0.2, -0.15) is 0 Å². The third-order valence-electron chi connectivity index (χ3n) is 1.50. The zero-order chi connectivity index (χ0) is 4.24. The third kappa shape index (κ3) is 3.23.